The van der Waals surface area contributed by atoms with Crippen LogP contribution in [0.5, 0.6) is 0 Å². The summed E-state index contributed by atoms with van der Waals surface area (Å²) in [6.45, 7) is 0.385. The molecule has 1 aliphatic heterocycles. The third-order valence-corrected chi connectivity index (χ3v) is 6.46. The second kappa shape index (κ2) is 8.65. The van der Waals surface area contributed by atoms with E-state index in [4.69, 9.17) is 0 Å². The first-order valence-corrected chi connectivity index (χ1v) is 10.9. The summed E-state index contributed by atoms with van der Waals surface area (Å²) in [5, 5.41) is 0. The smallest absolute Gasteiger partial charge is 0.345 e. The standard InChI is InChI=1S/C25H25F3N2O3/c1-29(13-12-17-6-3-2-4-7-17)21(31)15-24(16-22(32)30(23(24)33)20-10-11-20)18-8-5-9-19(14-18)25(26,27)28/h2-9,14,20H,10-13,15-16H2,1H3. The van der Waals surface area contributed by atoms with Crippen molar-refractivity contribution in [2.75, 3.05) is 13.6 Å². The number of hydrogen-bond donors (Lipinski definition) is 0. The van der Waals surface area contributed by atoms with Gasteiger partial charge in [-0.25, -0.2) is 0 Å². The Balaban J connectivity index is 1.62. The first-order chi connectivity index (χ1) is 15.6. The lowest BCUT2D eigenvalue weighted by Crippen LogP contribution is -2.43. The first-order valence-electron chi connectivity index (χ1n) is 10.9. The molecule has 0 radical (unpaired) electrons. The molecule has 2 aromatic rings. The van der Waals surface area contributed by atoms with Gasteiger partial charge in [-0.3, -0.25) is 19.3 Å². The normalized spacial score (nSPS) is 20.9. The van der Waals surface area contributed by atoms with E-state index in [2.05, 4.69) is 0 Å². The number of benzene rings is 2. The molecule has 1 saturated heterocycles. The van der Waals surface area contributed by atoms with Crippen molar-refractivity contribution in [3.8, 4) is 0 Å². The van der Waals surface area contributed by atoms with Crippen molar-refractivity contribution in [1.29, 1.82) is 0 Å². The number of rotatable bonds is 7. The zero-order valence-electron chi connectivity index (χ0n) is 18.3. The van der Waals surface area contributed by atoms with Gasteiger partial charge >= 0.3 is 6.18 Å². The van der Waals surface area contributed by atoms with E-state index in [0.29, 0.717) is 25.8 Å². The van der Waals surface area contributed by atoms with Gasteiger partial charge in [-0.2, -0.15) is 13.2 Å². The third kappa shape index (κ3) is 4.65. The highest BCUT2D eigenvalue weighted by Gasteiger charge is 2.57. The second-order valence-electron chi connectivity index (χ2n) is 8.87. The fraction of sp³-hybridized carbons (Fsp3) is 0.400. The first kappa shape index (κ1) is 23.0. The van der Waals surface area contributed by atoms with Crippen LogP contribution in [0.4, 0.5) is 13.2 Å². The lowest BCUT2D eigenvalue weighted by Gasteiger charge is -2.30. The fourth-order valence-electron chi connectivity index (χ4n) is 4.38. The summed E-state index contributed by atoms with van der Waals surface area (Å²) in [6.07, 6.45) is -3.30. The molecule has 1 atom stereocenters. The van der Waals surface area contributed by atoms with Crippen LogP contribution in [0.1, 0.15) is 42.4 Å². The molecule has 8 heteroatoms. The lowest BCUT2D eigenvalue weighted by atomic mass is 9.75. The van der Waals surface area contributed by atoms with Crippen molar-refractivity contribution in [1.82, 2.24) is 9.80 Å². The van der Waals surface area contributed by atoms with E-state index in [1.54, 1.807) is 7.05 Å². The highest BCUT2D eigenvalue weighted by molar-refractivity contribution is 6.11. The Bertz CT molecular complexity index is 1070. The molecule has 0 aromatic heterocycles. The van der Waals surface area contributed by atoms with E-state index in [9.17, 15) is 27.6 Å². The average Bonchev–Trinajstić information content (AvgIpc) is 3.58. The minimum atomic E-state index is -4.60. The molecule has 1 unspecified atom stereocenters. The molecule has 3 amide bonds. The lowest BCUT2D eigenvalue weighted by molar-refractivity contribution is -0.143. The summed E-state index contributed by atoms with van der Waals surface area (Å²) < 4.78 is 40.1. The van der Waals surface area contributed by atoms with E-state index in [0.717, 1.165) is 22.6 Å². The maximum atomic E-state index is 13.5. The maximum absolute atomic E-state index is 13.5. The van der Waals surface area contributed by atoms with Gasteiger partial charge in [0.1, 0.15) is 0 Å². The van der Waals surface area contributed by atoms with Crippen LogP contribution in [-0.2, 0) is 32.4 Å². The monoisotopic (exact) mass is 458 g/mol. The van der Waals surface area contributed by atoms with Crippen molar-refractivity contribution in [3.63, 3.8) is 0 Å². The quantitative estimate of drug-likeness (QED) is 0.591. The number of imide groups is 1. The molecular formula is C25H25F3N2O3. The van der Waals surface area contributed by atoms with Gasteiger partial charge in [0, 0.05) is 32.5 Å². The van der Waals surface area contributed by atoms with Gasteiger partial charge in [0.15, 0.2) is 0 Å². The molecule has 0 N–H and O–H groups in total. The fourth-order valence-corrected chi connectivity index (χ4v) is 4.38. The number of likely N-dealkylation sites (N-methyl/N-ethyl adjacent to an activating group) is 1. The molecule has 5 nitrogen and oxygen atoms in total. The molecule has 2 aromatic carbocycles. The Hall–Kier alpha value is -3.16. The van der Waals surface area contributed by atoms with Crippen LogP contribution in [0.25, 0.3) is 0 Å². The Kier molecular flexibility index (Phi) is 6.03. The molecule has 2 fully saturated rings. The minimum Gasteiger partial charge on any atom is -0.345 e. The number of carbonyl (C=O) groups excluding carboxylic acids is 3. The van der Waals surface area contributed by atoms with Crippen molar-refractivity contribution in [2.45, 2.75) is 49.7 Å². The molecule has 0 spiro atoms. The van der Waals surface area contributed by atoms with E-state index in [-0.39, 0.29) is 30.4 Å². The number of carbonyl (C=O) groups is 3. The molecule has 1 aliphatic carbocycles. The van der Waals surface area contributed by atoms with Gasteiger partial charge in [-0.15, -0.1) is 0 Å². The van der Waals surface area contributed by atoms with Crippen LogP contribution in [0.15, 0.2) is 54.6 Å². The SMILES string of the molecule is CN(CCc1ccccc1)C(=O)CC1(c2cccc(C(F)(F)F)c2)CC(=O)N(C2CC2)C1=O. The van der Waals surface area contributed by atoms with Gasteiger partial charge in [0.2, 0.25) is 17.7 Å². The molecule has 174 valence electrons. The summed E-state index contributed by atoms with van der Waals surface area (Å²) in [6, 6.07) is 13.8. The van der Waals surface area contributed by atoms with Crippen molar-refractivity contribution in [3.05, 3.63) is 71.3 Å². The summed E-state index contributed by atoms with van der Waals surface area (Å²) in [5.41, 5.74) is -1.44. The number of likely N-dealkylation sites (tertiary alicyclic amines) is 1. The van der Waals surface area contributed by atoms with Crippen molar-refractivity contribution >= 4 is 17.7 Å². The highest BCUT2D eigenvalue weighted by Crippen LogP contribution is 2.45. The zero-order valence-corrected chi connectivity index (χ0v) is 18.3. The minimum absolute atomic E-state index is 0.0589. The summed E-state index contributed by atoms with van der Waals surface area (Å²) in [4.78, 5) is 42.0. The van der Waals surface area contributed by atoms with Crippen LogP contribution in [0.2, 0.25) is 0 Å². The topological polar surface area (TPSA) is 57.7 Å². The Morgan fingerprint density at radius 1 is 1.09 bits per heavy atom. The molecule has 1 heterocycles. The molecule has 1 saturated carbocycles. The Morgan fingerprint density at radius 3 is 2.42 bits per heavy atom. The molecular weight excluding hydrogens is 433 g/mol. The van der Waals surface area contributed by atoms with Crippen LogP contribution < -0.4 is 0 Å². The molecule has 33 heavy (non-hydrogen) atoms. The molecule has 4 rings (SSSR count). The number of hydrogen-bond acceptors (Lipinski definition) is 3. The van der Waals surface area contributed by atoms with Gasteiger partial charge in [0.25, 0.3) is 0 Å². The number of halogens is 3. The van der Waals surface area contributed by atoms with Gasteiger partial charge in [-0.05, 0) is 36.5 Å². The summed E-state index contributed by atoms with van der Waals surface area (Å²) in [7, 11) is 1.60. The molecule has 2 aliphatic rings. The maximum Gasteiger partial charge on any atom is 0.416 e. The largest absolute Gasteiger partial charge is 0.416 e. The van der Waals surface area contributed by atoms with Crippen LogP contribution in [0.3, 0.4) is 0 Å². The Morgan fingerprint density at radius 2 is 1.79 bits per heavy atom. The van der Waals surface area contributed by atoms with Crippen molar-refractivity contribution < 1.29 is 27.6 Å². The predicted molar refractivity (Wildman–Crippen MR) is 115 cm³/mol. The zero-order chi connectivity index (χ0) is 23.8. The van der Waals surface area contributed by atoms with Crippen molar-refractivity contribution in [2.24, 2.45) is 0 Å². The van der Waals surface area contributed by atoms with Gasteiger partial charge in [0.05, 0.1) is 11.0 Å². The second-order valence-corrected chi connectivity index (χ2v) is 8.87. The summed E-state index contributed by atoms with van der Waals surface area (Å²) >= 11 is 0. The predicted octanol–water partition coefficient (Wildman–Crippen LogP) is 3.96. The van der Waals surface area contributed by atoms with E-state index in [1.807, 2.05) is 30.3 Å². The number of nitrogens with zero attached hydrogens (tertiary/aromatic N) is 2. The van der Waals surface area contributed by atoms with E-state index >= 15 is 0 Å². The number of alkyl halides is 3. The Labute approximate surface area is 190 Å². The third-order valence-electron chi connectivity index (χ3n) is 6.46. The van der Waals surface area contributed by atoms with E-state index in [1.165, 1.54) is 17.0 Å². The van der Waals surface area contributed by atoms with Crippen LogP contribution in [-0.4, -0.2) is 47.2 Å². The van der Waals surface area contributed by atoms with Crippen LogP contribution >= 0.6 is 0 Å². The average molecular weight is 458 g/mol. The van der Waals surface area contributed by atoms with Gasteiger partial charge in [-0.1, -0.05) is 48.5 Å². The number of amides is 3. The molecule has 0 bridgehead atoms. The highest BCUT2D eigenvalue weighted by atomic mass is 19.4. The van der Waals surface area contributed by atoms with Gasteiger partial charge < -0.3 is 4.90 Å². The van der Waals surface area contributed by atoms with Crippen LogP contribution in [0, 0.1) is 0 Å². The van der Waals surface area contributed by atoms with E-state index < -0.39 is 29.0 Å². The summed E-state index contributed by atoms with van der Waals surface area (Å²) in [5.74, 6) is -1.39.